The van der Waals surface area contributed by atoms with Gasteiger partial charge in [-0.15, -0.1) is 11.3 Å². The van der Waals surface area contributed by atoms with Crippen molar-refractivity contribution >= 4 is 34.5 Å². The molecular weight excluding hydrogens is 276 g/mol. The van der Waals surface area contributed by atoms with Crippen LogP contribution in [0.5, 0.6) is 0 Å². The van der Waals surface area contributed by atoms with Crippen LogP contribution in [-0.4, -0.2) is 30.6 Å². The number of Topliss-reactive ketones (excluding diaryl/α,β-unsaturated/α-hetero) is 2. The average Bonchev–Trinajstić information content (AvgIpc) is 2.73. The van der Waals surface area contributed by atoms with Crippen LogP contribution < -0.4 is 0 Å². The minimum absolute atomic E-state index is 0.00428. The van der Waals surface area contributed by atoms with E-state index in [-0.39, 0.29) is 35.4 Å². The van der Waals surface area contributed by atoms with Crippen LogP contribution in [-0.2, 0) is 14.3 Å². The molecular formula is C12H9ClO4S. The molecule has 4 rings (SSSR count). The molecule has 94 valence electrons. The predicted molar refractivity (Wildman–Crippen MR) is 63.7 cm³/mol. The molecule has 0 spiro atoms. The van der Waals surface area contributed by atoms with E-state index in [1.54, 1.807) is 12.1 Å². The van der Waals surface area contributed by atoms with E-state index >= 15 is 0 Å². The quantitative estimate of drug-likeness (QED) is 0.777. The van der Waals surface area contributed by atoms with Crippen LogP contribution in [0.25, 0.3) is 0 Å². The van der Waals surface area contributed by atoms with Crippen LogP contribution in [0, 0.1) is 17.8 Å². The lowest BCUT2D eigenvalue weighted by molar-refractivity contribution is -0.153. The maximum Gasteiger partial charge on any atom is 0.218 e. The Morgan fingerprint density at radius 1 is 1.44 bits per heavy atom. The molecule has 2 aliphatic heterocycles. The predicted octanol–water partition coefficient (Wildman–Crippen LogP) is 1.77. The van der Waals surface area contributed by atoms with Gasteiger partial charge >= 0.3 is 0 Å². The largest absolute Gasteiger partial charge is 0.343 e. The summed E-state index contributed by atoms with van der Waals surface area (Å²) in [7, 11) is 0. The highest BCUT2D eigenvalue weighted by atomic mass is 35.5. The maximum absolute atomic E-state index is 12.3. The van der Waals surface area contributed by atoms with Gasteiger partial charge in [0.05, 0.1) is 21.9 Å². The molecule has 1 aliphatic carbocycles. The van der Waals surface area contributed by atoms with Crippen molar-refractivity contribution < 1.29 is 19.1 Å². The zero-order valence-electron chi connectivity index (χ0n) is 9.17. The molecule has 1 aromatic heterocycles. The van der Waals surface area contributed by atoms with Crippen molar-refractivity contribution in [3.63, 3.8) is 0 Å². The molecule has 6 heteroatoms. The third-order valence-electron chi connectivity index (χ3n) is 3.89. The van der Waals surface area contributed by atoms with E-state index in [0.29, 0.717) is 15.8 Å². The second-order valence-electron chi connectivity index (χ2n) is 4.84. The van der Waals surface area contributed by atoms with Gasteiger partial charge in [-0.1, -0.05) is 11.6 Å². The topological polar surface area (TPSA) is 52.6 Å². The summed E-state index contributed by atoms with van der Waals surface area (Å²) in [4.78, 5) is 24.9. The van der Waals surface area contributed by atoms with Gasteiger partial charge in [-0.05, 0) is 12.1 Å². The molecule has 1 saturated carbocycles. The number of ketones is 2. The van der Waals surface area contributed by atoms with Crippen LogP contribution >= 0.6 is 22.9 Å². The van der Waals surface area contributed by atoms with Crippen molar-refractivity contribution in [3.05, 3.63) is 21.3 Å². The number of halogens is 1. The number of fused-ring (bicyclic) bond motifs is 4. The molecule has 18 heavy (non-hydrogen) atoms. The molecule has 5 atom stereocenters. The van der Waals surface area contributed by atoms with Crippen molar-refractivity contribution in [1.82, 2.24) is 0 Å². The summed E-state index contributed by atoms with van der Waals surface area (Å²) < 4.78 is 11.3. The average molecular weight is 285 g/mol. The van der Waals surface area contributed by atoms with Crippen molar-refractivity contribution in [1.29, 1.82) is 0 Å². The van der Waals surface area contributed by atoms with Crippen LogP contribution in [0.2, 0.25) is 4.34 Å². The molecule has 0 N–H and O–H groups in total. The van der Waals surface area contributed by atoms with E-state index in [2.05, 4.69) is 0 Å². The van der Waals surface area contributed by atoms with E-state index < -0.39 is 6.29 Å². The zero-order chi connectivity index (χ0) is 12.4. The molecule has 0 radical (unpaired) electrons. The number of ether oxygens (including phenoxy) is 2. The molecule has 0 unspecified atom stereocenters. The summed E-state index contributed by atoms with van der Waals surface area (Å²) in [6.07, 6.45) is -0.831. The first-order chi connectivity index (χ1) is 8.66. The number of carbonyl (C=O) groups is 2. The molecule has 0 aromatic carbocycles. The van der Waals surface area contributed by atoms with Crippen LogP contribution in [0.15, 0.2) is 12.1 Å². The fourth-order valence-electron chi connectivity index (χ4n) is 3.04. The first-order valence-electron chi connectivity index (χ1n) is 5.77. The summed E-state index contributed by atoms with van der Waals surface area (Å²) in [5.41, 5.74) is 0. The Labute approximate surface area is 112 Å². The summed E-state index contributed by atoms with van der Waals surface area (Å²) in [6.45, 7) is 0.423. The number of carbonyl (C=O) groups excluding carboxylic acids is 2. The van der Waals surface area contributed by atoms with Gasteiger partial charge in [-0.25, -0.2) is 0 Å². The lowest BCUT2D eigenvalue weighted by atomic mass is 10.1. The summed E-state index contributed by atoms with van der Waals surface area (Å²) in [5.74, 6) is -0.485. The molecule has 3 aliphatic rings. The lowest BCUT2D eigenvalue weighted by Gasteiger charge is -2.14. The van der Waals surface area contributed by atoms with E-state index in [1.165, 1.54) is 11.3 Å². The highest BCUT2D eigenvalue weighted by Crippen LogP contribution is 2.57. The normalized spacial score (nSPS) is 40.7. The van der Waals surface area contributed by atoms with Gasteiger partial charge in [0, 0.05) is 17.8 Å². The number of hydrogen-bond donors (Lipinski definition) is 0. The van der Waals surface area contributed by atoms with E-state index in [0.717, 1.165) is 0 Å². The van der Waals surface area contributed by atoms with Gasteiger partial charge < -0.3 is 9.47 Å². The smallest absolute Gasteiger partial charge is 0.218 e. The van der Waals surface area contributed by atoms with Gasteiger partial charge in [0.1, 0.15) is 0 Å². The van der Waals surface area contributed by atoms with E-state index in [1.807, 2.05) is 0 Å². The molecule has 3 heterocycles. The molecule has 2 saturated heterocycles. The van der Waals surface area contributed by atoms with Crippen molar-refractivity contribution in [2.45, 2.75) is 12.4 Å². The Hall–Kier alpha value is -0.750. The van der Waals surface area contributed by atoms with Crippen molar-refractivity contribution in [2.24, 2.45) is 17.8 Å². The maximum atomic E-state index is 12.3. The van der Waals surface area contributed by atoms with Crippen molar-refractivity contribution in [2.75, 3.05) is 6.61 Å². The Kier molecular flexibility index (Phi) is 2.24. The third-order valence-corrected chi connectivity index (χ3v) is 5.14. The highest BCUT2D eigenvalue weighted by Gasteiger charge is 2.68. The Morgan fingerprint density at radius 3 is 3.00 bits per heavy atom. The van der Waals surface area contributed by atoms with Crippen LogP contribution in [0.1, 0.15) is 9.67 Å². The monoisotopic (exact) mass is 284 g/mol. The van der Waals surface area contributed by atoms with Gasteiger partial charge in [-0.3, -0.25) is 9.59 Å². The van der Waals surface area contributed by atoms with Gasteiger partial charge in [0.25, 0.3) is 0 Å². The standard InChI is InChI=1S/C12H9ClO4S/c13-6-2-1-5(18-6)10(14)8-7-4-3-16-12(17-4)11(15)9(7)8/h1-2,4,7-9,12H,3H2/t4-,7+,8+,9+,12-/m1/s1. The second kappa shape index (κ2) is 3.63. The minimum atomic E-state index is -0.735. The van der Waals surface area contributed by atoms with E-state index in [9.17, 15) is 9.59 Å². The molecule has 4 nitrogen and oxygen atoms in total. The fraction of sp³-hybridized carbons (Fsp3) is 0.500. The van der Waals surface area contributed by atoms with Gasteiger partial charge in [0.2, 0.25) is 6.29 Å². The number of hydrogen-bond acceptors (Lipinski definition) is 5. The lowest BCUT2D eigenvalue weighted by Crippen LogP contribution is -2.30. The summed E-state index contributed by atoms with van der Waals surface area (Å²) >= 11 is 7.09. The SMILES string of the molecule is O=C(c1ccc(Cl)s1)[C@@H]1[C@H]2C(=O)[C@@H]3OC[C@@H](O3)[C@@H]12. The molecule has 2 bridgehead atoms. The molecule has 1 aromatic rings. The van der Waals surface area contributed by atoms with Gasteiger partial charge in [-0.2, -0.15) is 0 Å². The number of rotatable bonds is 2. The summed E-state index contributed by atoms with van der Waals surface area (Å²) in [5, 5.41) is 0. The second-order valence-corrected chi connectivity index (χ2v) is 6.55. The fourth-order valence-corrected chi connectivity index (χ4v) is 4.07. The number of thiophene rings is 1. The first kappa shape index (κ1) is 11.1. The van der Waals surface area contributed by atoms with Gasteiger partial charge in [0.15, 0.2) is 11.6 Å². The Morgan fingerprint density at radius 2 is 2.28 bits per heavy atom. The molecule has 3 fully saturated rings. The molecule has 0 amide bonds. The highest BCUT2D eigenvalue weighted by molar-refractivity contribution is 7.18. The van der Waals surface area contributed by atoms with Crippen LogP contribution in [0.4, 0.5) is 0 Å². The van der Waals surface area contributed by atoms with Crippen molar-refractivity contribution in [3.8, 4) is 0 Å². The van der Waals surface area contributed by atoms with E-state index in [4.69, 9.17) is 21.1 Å². The summed E-state index contributed by atoms with van der Waals surface area (Å²) in [6, 6.07) is 3.43. The van der Waals surface area contributed by atoms with Crippen LogP contribution in [0.3, 0.4) is 0 Å². The zero-order valence-corrected chi connectivity index (χ0v) is 10.7. The third kappa shape index (κ3) is 1.39. The Bertz CT molecular complexity index is 554. The Balaban J connectivity index is 1.62. The first-order valence-corrected chi connectivity index (χ1v) is 6.96. The minimum Gasteiger partial charge on any atom is -0.343 e.